The Hall–Kier alpha value is -1.93. The summed E-state index contributed by atoms with van der Waals surface area (Å²) in [6.45, 7) is 3.41. The summed E-state index contributed by atoms with van der Waals surface area (Å²) < 4.78 is 18.7. The number of alkyl halides is 1. The zero-order valence-corrected chi connectivity index (χ0v) is 14.6. The first kappa shape index (κ1) is 16.9. The summed E-state index contributed by atoms with van der Waals surface area (Å²) in [6, 6.07) is 3.79. The van der Waals surface area contributed by atoms with Gasteiger partial charge in [-0.15, -0.1) is 11.3 Å². The largest absolute Gasteiger partial charge is 0.362 e. The Bertz CT molecular complexity index is 675. The molecule has 1 aliphatic rings. The summed E-state index contributed by atoms with van der Waals surface area (Å²) in [5.41, 5.74) is 0.765. The summed E-state index contributed by atoms with van der Waals surface area (Å²) in [5, 5.41) is 8.47. The number of halogens is 1. The molecule has 0 aliphatic carbocycles. The number of nitrogens with one attached hydrogen (secondary N) is 1. The molecule has 0 bridgehead atoms. The smallest absolute Gasteiger partial charge is 0.322 e. The van der Waals surface area contributed by atoms with Gasteiger partial charge in [0.1, 0.15) is 12.4 Å². The number of hydrogen-bond acceptors (Lipinski definition) is 5. The minimum Gasteiger partial charge on any atom is -0.362 e. The maximum atomic E-state index is 13.9. The van der Waals surface area contributed by atoms with E-state index in [1.165, 1.54) is 11.1 Å². The standard InChI is InChI=1S/C16H21FN4O2S/c1-11-10-23-19-15(11)18-16(22)20(2)8-13-6-12(17)7-21(13)9-14-4-3-5-24-14/h3-5,10,12-13H,6-9H2,1-2H3,(H,18,19,22)/t12-,13-/m0/s1. The topological polar surface area (TPSA) is 61.6 Å². The highest BCUT2D eigenvalue weighted by atomic mass is 32.1. The third-order valence-electron chi connectivity index (χ3n) is 4.22. The number of carbonyl (C=O) groups excluding carboxylic acids is 1. The number of likely N-dealkylation sites (N-methyl/N-ethyl adjacent to an activating group) is 1. The summed E-state index contributed by atoms with van der Waals surface area (Å²) in [7, 11) is 1.71. The second-order valence-electron chi connectivity index (χ2n) is 6.15. The van der Waals surface area contributed by atoms with Crippen LogP contribution in [0.2, 0.25) is 0 Å². The lowest BCUT2D eigenvalue weighted by Gasteiger charge is -2.28. The van der Waals surface area contributed by atoms with Gasteiger partial charge in [-0.05, 0) is 24.8 Å². The number of aromatic nitrogens is 1. The molecule has 3 heterocycles. The van der Waals surface area contributed by atoms with E-state index in [0.717, 1.165) is 12.1 Å². The third kappa shape index (κ3) is 3.93. The van der Waals surface area contributed by atoms with Gasteiger partial charge in [0.15, 0.2) is 5.82 Å². The van der Waals surface area contributed by atoms with Crippen molar-refractivity contribution in [2.45, 2.75) is 32.1 Å². The molecule has 0 aromatic carbocycles. The van der Waals surface area contributed by atoms with Crippen LogP contribution in [0.1, 0.15) is 16.9 Å². The van der Waals surface area contributed by atoms with Gasteiger partial charge in [0.05, 0.1) is 0 Å². The van der Waals surface area contributed by atoms with Crippen LogP contribution >= 0.6 is 11.3 Å². The molecular weight excluding hydrogens is 331 g/mol. The van der Waals surface area contributed by atoms with E-state index in [4.69, 9.17) is 4.52 Å². The van der Waals surface area contributed by atoms with Gasteiger partial charge < -0.3 is 9.42 Å². The molecule has 0 unspecified atom stereocenters. The average molecular weight is 352 g/mol. The first-order chi connectivity index (χ1) is 11.5. The summed E-state index contributed by atoms with van der Waals surface area (Å²) in [6.07, 6.45) is 1.08. The zero-order valence-electron chi connectivity index (χ0n) is 13.7. The highest BCUT2D eigenvalue weighted by Crippen LogP contribution is 2.25. The van der Waals surface area contributed by atoms with Crippen LogP contribution in [-0.2, 0) is 6.54 Å². The van der Waals surface area contributed by atoms with Gasteiger partial charge in [-0.25, -0.2) is 9.18 Å². The number of thiophene rings is 1. The molecule has 0 radical (unpaired) electrons. The minimum absolute atomic E-state index is 0.0104. The Labute approximate surface area is 144 Å². The van der Waals surface area contributed by atoms with Crippen molar-refractivity contribution in [1.82, 2.24) is 15.0 Å². The fourth-order valence-electron chi connectivity index (χ4n) is 2.91. The van der Waals surface area contributed by atoms with Crippen LogP contribution in [0.3, 0.4) is 0 Å². The molecule has 8 heteroatoms. The Morgan fingerprint density at radius 3 is 3.12 bits per heavy atom. The second-order valence-corrected chi connectivity index (χ2v) is 7.18. The molecule has 1 N–H and O–H groups in total. The molecule has 3 rings (SSSR count). The summed E-state index contributed by atoms with van der Waals surface area (Å²) in [5.74, 6) is 0.414. The Balaban J connectivity index is 1.58. The van der Waals surface area contributed by atoms with Gasteiger partial charge in [-0.3, -0.25) is 10.2 Å². The van der Waals surface area contributed by atoms with Crippen LogP contribution < -0.4 is 5.32 Å². The Kier molecular flexibility index (Phi) is 5.15. The molecule has 0 spiro atoms. The molecule has 1 saturated heterocycles. The zero-order chi connectivity index (χ0) is 17.1. The molecular formula is C16H21FN4O2S. The van der Waals surface area contributed by atoms with E-state index < -0.39 is 6.17 Å². The van der Waals surface area contributed by atoms with Gasteiger partial charge in [-0.2, -0.15) is 0 Å². The van der Waals surface area contributed by atoms with Gasteiger partial charge >= 0.3 is 6.03 Å². The van der Waals surface area contributed by atoms with Crippen molar-refractivity contribution in [3.05, 3.63) is 34.2 Å². The fourth-order valence-corrected chi connectivity index (χ4v) is 3.64. The number of rotatable bonds is 5. The Morgan fingerprint density at radius 2 is 2.46 bits per heavy atom. The van der Waals surface area contributed by atoms with Crippen molar-refractivity contribution in [2.75, 3.05) is 25.5 Å². The number of aryl methyl sites for hydroxylation is 1. The molecule has 2 aromatic heterocycles. The van der Waals surface area contributed by atoms with Crippen molar-refractivity contribution in [3.8, 4) is 0 Å². The number of likely N-dealkylation sites (tertiary alicyclic amines) is 1. The van der Waals surface area contributed by atoms with Crippen LogP contribution in [0.5, 0.6) is 0 Å². The van der Waals surface area contributed by atoms with Gasteiger partial charge in [-0.1, -0.05) is 11.2 Å². The molecule has 2 atom stereocenters. The first-order valence-corrected chi connectivity index (χ1v) is 8.74. The monoisotopic (exact) mass is 352 g/mol. The number of carbonyl (C=O) groups is 1. The maximum Gasteiger partial charge on any atom is 0.322 e. The van der Waals surface area contributed by atoms with Gasteiger partial charge in [0.25, 0.3) is 0 Å². The van der Waals surface area contributed by atoms with Crippen LogP contribution in [0, 0.1) is 6.92 Å². The number of urea groups is 1. The van der Waals surface area contributed by atoms with E-state index in [1.807, 2.05) is 11.4 Å². The first-order valence-electron chi connectivity index (χ1n) is 7.86. The summed E-state index contributed by atoms with van der Waals surface area (Å²) in [4.78, 5) is 17.2. The molecule has 1 aliphatic heterocycles. The number of hydrogen-bond donors (Lipinski definition) is 1. The molecule has 0 saturated carbocycles. The lowest BCUT2D eigenvalue weighted by Crippen LogP contribution is -2.42. The predicted molar refractivity (Wildman–Crippen MR) is 90.9 cm³/mol. The molecule has 130 valence electrons. The van der Waals surface area contributed by atoms with Crippen LogP contribution in [0.15, 0.2) is 28.3 Å². The van der Waals surface area contributed by atoms with Crippen molar-refractivity contribution in [1.29, 1.82) is 0 Å². The highest BCUT2D eigenvalue weighted by molar-refractivity contribution is 7.09. The number of nitrogens with zero attached hydrogens (tertiary/aromatic N) is 3. The normalized spacial score (nSPS) is 21.1. The third-order valence-corrected chi connectivity index (χ3v) is 5.08. The maximum absolute atomic E-state index is 13.9. The van der Waals surface area contributed by atoms with Gasteiger partial charge in [0, 0.05) is 43.2 Å². The summed E-state index contributed by atoms with van der Waals surface area (Å²) >= 11 is 1.67. The Morgan fingerprint density at radius 1 is 1.62 bits per heavy atom. The lowest BCUT2D eigenvalue weighted by molar-refractivity contribution is 0.183. The fraction of sp³-hybridized carbons (Fsp3) is 0.500. The van der Waals surface area contributed by atoms with Crippen molar-refractivity contribution in [3.63, 3.8) is 0 Å². The lowest BCUT2D eigenvalue weighted by atomic mass is 10.2. The van der Waals surface area contributed by atoms with Crippen LogP contribution in [-0.4, -0.2) is 53.3 Å². The quantitative estimate of drug-likeness (QED) is 0.898. The average Bonchev–Trinajstić information content (AvgIpc) is 3.24. The molecule has 24 heavy (non-hydrogen) atoms. The number of amides is 2. The van der Waals surface area contributed by atoms with E-state index in [-0.39, 0.29) is 12.1 Å². The second kappa shape index (κ2) is 7.31. The van der Waals surface area contributed by atoms with Crippen LogP contribution in [0.4, 0.5) is 15.0 Å². The van der Waals surface area contributed by atoms with E-state index in [2.05, 4.69) is 21.4 Å². The minimum atomic E-state index is -0.843. The van der Waals surface area contributed by atoms with Gasteiger partial charge in [0.2, 0.25) is 0 Å². The highest BCUT2D eigenvalue weighted by Gasteiger charge is 2.33. The van der Waals surface area contributed by atoms with Crippen LogP contribution in [0.25, 0.3) is 0 Å². The van der Waals surface area contributed by atoms with E-state index in [9.17, 15) is 9.18 Å². The van der Waals surface area contributed by atoms with Crippen molar-refractivity contribution >= 4 is 23.2 Å². The van der Waals surface area contributed by atoms with E-state index >= 15 is 0 Å². The van der Waals surface area contributed by atoms with E-state index in [1.54, 1.807) is 30.2 Å². The molecule has 2 amide bonds. The van der Waals surface area contributed by atoms with Crippen molar-refractivity contribution < 1.29 is 13.7 Å². The number of anilines is 1. The predicted octanol–water partition coefficient (Wildman–Crippen LogP) is 3.12. The SMILES string of the molecule is Cc1conc1NC(=O)N(C)C[C@@H]1C[C@H](F)CN1Cc1cccs1. The molecule has 6 nitrogen and oxygen atoms in total. The van der Waals surface area contributed by atoms with E-state index in [0.29, 0.717) is 25.3 Å². The van der Waals surface area contributed by atoms with Crippen molar-refractivity contribution in [2.24, 2.45) is 0 Å². The molecule has 2 aromatic rings. The molecule has 1 fully saturated rings.